The summed E-state index contributed by atoms with van der Waals surface area (Å²) < 4.78 is 11.3. The number of aliphatic hydroxyl groups is 2. The Hall–Kier alpha value is -5.86. The third-order valence-electron chi connectivity index (χ3n) is 11.5. The zero-order chi connectivity index (χ0) is 50.6. The number of carbonyl (C=O) groups excluding carboxylic acids is 2. The molecule has 8 bridgehead atoms. The van der Waals surface area contributed by atoms with Gasteiger partial charge in [-0.05, 0) is 171 Å². The summed E-state index contributed by atoms with van der Waals surface area (Å²) in [5.74, 6) is 0. The first-order chi connectivity index (χ1) is 32.5. The van der Waals surface area contributed by atoms with Gasteiger partial charge in [-0.1, -0.05) is 41.5 Å². The van der Waals surface area contributed by atoms with Gasteiger partial charge < -0.3 is 40.3 Å². The summed E-state index contributed by atoms with van der Waals surface area (Å²) in [7, 11) is 2.00. The number of aliphatic imine (C=N–C) groups is 4. The minimum atomic E-state index is -0.603. The first-order valence-corrected chi connectivity index (χ1v) is 24.1. The number of rotatable bonds is 10. The van der Waals surface area contributed by atoms with Crippen LogP contribution in [0.2, 0.25) is 0 Å². The van der Waals surface area contributed by atoms with Gasteiger partial charge in [0.1, 0.15) is 11.2 Å². The summed E-state index contributed by atoms with van der Waals surface area (Å²) in [6.45, 7) is 26.9. The van der Waals surface area contributed by atoms with Gasteiger partial charge in [-0.25, -0.2) is 9.59 Å². The van der Waals surface area contributed by atoms with Gasteiger partial charge in [-0.3, -0.25) is 20.0 Å². The van der Waals surface area contributed by atoms with Crippen molar-refractivity contribution >= 4 is 37.0 Å². The molecule has 0 fully saturated rings. The maximum absolute atomic E-state index is 12.9. The van der Waals surface area contributed by atoms with E-state index in [1.807, 2.05) is 90.7 Å². The van der Waals surface area contributed by atoms with Crippen molar-refractivity contribution in [3.8, 4) is 0 Å². The second-order valence-corrected chi connectivity index (χ2v) is 18.2. The predicted octanol–water partition coefficient (Wildman–Crippen LogP) is 9.77. The number of hydrogen-bond donors (Lipinski definition) is 6. The molecule has 372 valence electrons. The van der Waals surface area contributed by atoms with Crippen LogP contribution in [0, 0.1) is 0 Å². The van der Waals surface area contributed by atoms with Crippen LogP contribution in [-0.2, 0) is 87.3 Å². The number of nitrogens with one attached hydrogen (secondary N) is 4. The maximum Gasteiger partial charge on any atom is 0.407 e. The Labute approximate surface area is 405 Å². The van der Waals surface area contributed by atoms with Gasteiger partial charge in [-0.15, -0.1) is 0 Å². The standard InChI is InChI=1S/C52H72N8O4.2CH4O/c1-13-37-43-27-53-23-33-19-21-35(59-33)25-55-29-45-38(14-2)46(42(18-6)48(41(45)17-5)32-58-50(62)64-52(10,11)12)30-56-26-36-22-20-34(60-36)24-54-28-44(37)40(16-4)47(39(43)15-3)31-57-49(61)63-51(7,8)9;2*1-2/h19-26,59-60H,13-18,27-32H2,1-12H3,(H,57,61)(H,58,62);2*2H,1H3. The highest BCUT2D eigenvalue weighted by Gasteiger charge is 2.25. The summed E-state index contributed by atoms with van der Waals surface area (Å²) in [4.78, 5) is 52.9. The first-order valence-electron chi connectivity index (χ1n) is 24.1. The fourth-order valence-electron chi connectivity index (χ4n) is 8.99. The zero-order valence-corrected chi connectivity index (χ0v) is 43.4. The lowest BCUT2D eigenvalue weighted by Gasteiger charge is -2.26. The van der Waals surface area contributed by atoms with Crippen LogP contribution in [0.4, 0.5) is 9.59 Å². The number of aromatic nitrogens is 2. The van der Waals surface area contributed by atoms with Gasteiger partial charge in [0.05, 0.1) is 49.0 Å². The van der Waals surface area contributed by atoms with Crippen molar-refractivity contribution in [3.63, 3.8) is 0 Å². The van der Waals surface area contributed by atoms with Crippen LogP contribution in [0.1, 0.15) is 173 Å². The number of benzene rings is 2. The molecule has 1 aliphatic heterocycles. The molecule has 0 unspecified atom stereocenters. The van der Waals surface area contributed by atoms with Crippen molar-refractivity contribution in [2.24, 2.45) is 20.0 Å². The van der Waals surface area contributed by atoms with Crippen molar-refractivity contribution < 1.29 is 29.3 Å². The highest BCUT2D eigenvalue weighted by atomic mass is 16.6. The molecule has 0 spiro atoms. The molecule has 0 saturated carbocycles. The smallest absolute Gasteiger partial charge is 0.407 e. The summed E-state index contributed by atoms with van der Waals surface area (Å²) in [5.41, 5.74) is 16.6. The number of carbonyl (C=O) groups is 2. The molecule has 2 aromatic carbocycles. The number of aliphatic hydroxyl groups excluding tert-OH is 2. The van der Waals surface area contributed by atoms with E-state index in [9.17, 15) is 9.59 Å². The third-order valence-corrected chi connectivity index (χ3v) is 11.5. The Kier molecular flexibility index (Phi) is 22.6. The molecule has 0 saturated heterocycles. The minimum absolute atomic E-state index is 0.352. The Morgan fingerprint density at radius 2 is 0.691 bits per heavy atom. The van der Waals surface area contributed by atoms with Crippen molar-refractivity contribution in [2.75, 3.05) is 14.2 Å². The third kappa shape index (κ3) is 15.6. The van der Waals surface area contributed by atoms with Crippen LogP contribution in [-0.4, -0.2) is 82.6 Å². The van der Waals surface area contributed by atoms with E-state index >= 15 is 0 Å². The molecular formula is C54H80N8O6. The number of fused-ring (bicyclic) bond motifs is 8. The highest BCUT2D eigenvalue weighted by Crippen LogP contribution is 2.34. The largest absolute Gasteiger partial charge is 0.444 e. The van der Waals surface area contributed by atoms with E-state index in [-0.39, 0.29) is 0 Å². The van der Waals surface area contributed by atoms with Crippen LogP contribution >= 0.6 is 0 Å². The number of ether oxygens (including phenoxy) is 2. The number of nitrogens with zero attached hydrogens (tertiary/aromatic N) is 4. The number of amides is 2. The van der Waals surface area contributed by atoms with Crippen LogP contribution in [0.15, 0.2) is 44.2 Å². The maximum atomic E-state index is 12.9. The average molecular weight is 937 g/mol. The molecule has 4 aromatic rings. The number of H-pyrrole nitrogens is 2. The molecule has 2 amide bonds. The monoisotopic (exact) mass is 937 g/mol. The van der Waals surface area contributed by atoms with Gasteiger partial charge in [0.25, 0.3) is 0 Å². The molecular weight excluding hydrogens is 857 g/mol. The first kappa shape index (κ1) is 56.5. The molecule has 0 aliphatic carbocycles. The lowest BCUT2D eigenvalue weighted by molar-refractivity contribution is 0.0512. The highest BCUT2D eigenvalue weighted by molar-refractivity contribution is 5.84. The van der Waals surface area contributed by atoms with Crippen LogP contribution < -0.4 is 10.6 Å². The quantitative estimate of drug-likeness (QED) is 0.0915. The molecule has 68 heavy (non-hydrogen) atoms. The molecule has 1 aliphatic rings. The second-order valence-electron chi connectivity index (χ2n) is 18.2. The van der Waals surface area contributed by atoms with Crippen molar-refractivity contribution in [1.82, 2.24) is 20.6 Å². The van der Waals surface area contributed by atoms with E-state index in [0.717, 1.165) is 86.6 Å². The number of aromatic amines is 2. The zero-order valence-electron chi connectivity index (χ0n) is 43.4. The fourth-order valence-corrected chi connectivity index (χ4v) is 8.99. The number of hydrogen-bond acceptors (Lipinski definition) is 10. The van der Waals surface area contributed by atoms with Crippen LogP contribution in [0.25, 0.3) is 0 Å². The molecule has 14 nitrogen and oxygen atoms in total. The summed E-state index contributed by atoms with van der Waals surface area (Å²) in [5, 5.41) is 20.1. The lowest BCUT2D eigenvalue weighted by Crippen LogP contribution is -2.33. The van der Waals surface area contributed by atoms with Crippen molar-refractivity contribution in [1.29, 1.82) is 0 Å². The Balaban J connectivity index is 0.00000298. The fraction of sp³-hybridized carbons (Fsp3) is 0.519. The van der Waals surface area contributed by atoms with Crippen LogP contribution in [0.5, 0.6) is 0 Å². The van der Waals surface area contributed by atoms with Gasteiger partial charge in [-0.2, -0.15) is 0 Å². The van der Waals surface area contributed by atoms with Crippen LogP contribution in [0.3, 0.4) is 0 Å². The Morgan fingerprint density at radius 3 is 0.897 bits per heavy atom. The van der Waals surface area contributed by atoms with E-state index in [0.29, 0.717) is 39.3 Å². The number of alkyl carbamates (subject to hydrolysis) is 2. The molecule has 0 atom stereocenters. The molecule has 14 heteroatoms. The van der Waals surface area contributed by atoms with Gasteiger partial charge in [0.15, 0.2) is 0 Å². The van der Waals surface area contributed by atoms with E-state index in [4.69, 9.17) is 39.7 Å². The van der Waals surface area contributed by atoms with Crippen molar-refractivity contribution in [3.05, 3.63) is 114 Å². The van der Waals surface area contributed by atoms with E-state index < -0.39 is 23.4 Å². The molecule has 6 N–H and O–H groups in total. The molecule has 3 heterocycles. The van der Waals surface area contributed by atoms with E-state index in [1.54, 1.807) is 0 Å². The van der Waals surface area contributed by atoms with Crippen molar-refractivity contribution in [2.45, 2.75) is 172 Å². The predicted molar refractivity (Wildman–Crippen MR) is 278 cm³/mol. The van der Waals surface area contributed by atoms with E-state index in [1.165, 1.54) is 55.6 Å². The summed E-state index contributed by atoms with van der Waals surface area (Å²) in [6.07, 6.45) is 11.5. The summed E-state index contributed by atoms with van der Waals surface area (Å²) >= 11 is 0. The van der Waals surface area contributed by atoms with Gasteiger partial charge in [0.2, 0.25) is 0 Å². The molecule has 0 radical (unpaired) electrons. The van der Waals surface area contributed by atoms with Gasteiger partial charge in [0, 0.05) is 52.2 Å². The lowest BCUT2D eigenvalue weighted by atomic mass is 9.83. The molecule has 2 aromatic heterocycles. The average Bonchev–Trinajstić information content (AvgIpc) is 3.96. The topological polar surface area (TPSA) is 198 Å². The Morgan fingerprint density at radius 1 is 0.456 bits per heavy atom. The molecule has 5 rings (SSSR count). The normalized spacial score (nSPS) is 12.8. The SMILES string of the molecule is CCc1c2c(CC)c(CNC(=O)OC(C)(C)C)c(CC)c1CN=Cc1ccc([nH]1)C=NCc1c(CC)c(c(CC)c(CNC(=O)OC(C)(C)C)c1CC)CN=Cc1ccc([nH]1)C=NC2.CO.CO. The summed E-state index contributed by atoms with van der Waals surface area (Å²) in [6, 6.07) is 8.10. The van der Waals surface area contributed by atoms with E-state index in [2.05, 4.69) is 62.1 Å². The van der Waals surface area contributed by atoms with Gasteiger partial charge >= 0.3 is 12.2 Å². The Bertz CT molecular complexity index is 2110. The minimum Gasteiger partial charge on any atom is -0.444 e. The second kappa shape index (κ2) is 27.2.